The van der Waals surface area contributed by atoms with Crippen LogP contribution in [0, 0.1) is 10.5 Å². The molecule has 0 amide bonds. The quantitative estimate of drug-likeness (QED) is 0.476. The Morgan fingerprint density at radius 1 is 1.16 bits per heavy atom. The first-order valence-corrected chi connectivity index (χ1v) is 7.66. The van der Waals surface area contributed by atoms with E-state index in [1.807, 2.05) is 43.3 Å². The summed E-state index contributed by atoms with van der Waals surface area (Å²) in [5.74, 6) is 0.839. The van der Waals surface area contributed by atoms with Gasteiger partial charge >= 0.3 is 0 Å². The summed E-state index contributed by atoms with van der Waals surface area (Å²) in [6.45, 7) is 2.03. The number of halogens is 3. The van der Waals surface area contributed by atoms with Gasteiger partial charge < -0.3 is 4.74 Å². The van der Waals surface area contributed by atoms with Gasteiger partial charge in [-0.15, -0.1) is 11.6 Å². The monoisotopic (exact) mass is 406 g/mol. The minimum Gasteiger partial charge on any atom is -0.497 e. The minimum atomic E-state index is -0.208. The van der Waals surface area contributed by atoms with Crippen molar-refractivity contribution in [1.29, 1.82) is 0 Å². The van der Waals surface area contributed by atoms with E-state index in [0.29, 0.717) is 0 Å². The number of hydrogen-bond donors (Lipinski definition) is 0. The summed E-state index contributed by atoms with van der Waals surface area (Å²) in [4.78, 5) is 0. The van der Waals surface area contributed by atoms with Gasteiger partial charge in [-0.3, -0.25) is 0 Å². The lowest BCUT2D eigenvalue weighted by Crippen LogP contribution is -1.97. The number of ether oxygens (including phenoxy) is 1. The lowest BCUT2D eigenvalue weighted by Gasteiger charge is -2.15. The Hall–Kier alpha value is -0.450. The molecule has 1 atom stereocenters. The van der Waals surface area contributed by atoms with Gasteiger partial charge in [0.05, 0.1) is 17.5 Å². The first-order valence-electron chi connectivity index (χ1n) is 5.76. The molecule has 0 aliphatic carbocycles. The smallest absolute Gasteiger partial charge is 0.119 e. The third-order valence-electron chi connectivity index (χ3n) is 2.99. The molecule has 0 radical (unpaired) electrons. The highest BCUT2D eigenvalue weighted by molar-refractivity contribution is 14.1. The first kappa shape index (κ1) is 14.9. The van der Waals surface area contributed by atoms with Crippen LogP contribution in [0.25, 0.3) is 0 Å². The molecule has 0 saturated heterocycles. The van der Waals surface area contributed by atoms with Crippen molar-refractivity contribution >= 4 is 45.8 Å². The average molecular weight is 407 g/mol. The summed E-state index contributed by atoms with van der Waals surface area (Å²) >= 11 is 14.9. The molecule has 0 N–H and O–H groups in total. The summed E-state index contributed by atoms with van der Waals surface area (Å²) in [5.41, 5.74) is 3.18. The zero-order valence-electron chi connectivity index (χ0n) is 10.6. The topological polar surface area (TPSA) is 9.23 Å². The van der Waals surface area contributed by atoms with Gasteiger partial charge in [-0.2, -0.15) is 0 Å². The molecule has 4 heteroatoms. The fourth-order valence-electron chi connectivity index (χ4n) is 1.91. The molecule has 1 nitrogen and oxygen atoms in total. The van der Waals surface area contributed by atoms with Crippen molar-refractivity contribution in [2.45, 2.75) is 12.3 Å². The summed E-state index contributed by atoms with van der Waals surface area (Å²) < 4.78 is 6.23. The van der Waals surface area contributed by atoms with Gasteiger partial charge in [0.25, 0.3) is 0 Å². The summed E-state index contributed by atoms with van der Waals surface area (Å²) in [7, 11) is 1.66. The molecule has 0 bridgehead atoms. The molecule has 0 fully saturated rings. The van der Waals surface area contributed by atoms with E-state index in [4.69, 9.17) is 27.9 Å². The lowest BCUT2D eigenvalue weighted by atomic mass is 10.00. The third-order valence-corrected chi connectivity index (χ3v) is 5.05. The Balaban J connectivity index is 2.38. The van der Waals surface area contributed by atoms with Crippen molar-refractivity contribution < 1.29 is 4.74 Å². The second kappa shape index (κ2) is 6.33. The molecule has 0 aromatic heterocycles. The van der Waals surface area contributed by atoms with Gasteiger partial charge in [-0.25, -0.2) is 0 Å². The van der Waals surface area contributed by atoms with E-state index in [2.05, 4.69) is 22.6 Å². The number of benzene rings is 2. The largest absolute Gasteiger partial charge is 0.497 e. The van der Waals surface area contributed by atoms with E-state index in [9.17, 15) is 0 Å². The van der Waals surface area contributed by atoms with Crippen molar-refractivity contribution in [3.63, 3.8) is 0 Å². The molecule has 2 aromatic rings. The molecule has 2 rings (SSSR count). The lowest BCUT2D eigenvalue weighted by molar-refractivity contribution is 0.414. The van der Waals surface area contributed by atoms with Crippen LogP contribution < -0.4 is 4.74 Å². The minimum absolute atomic E-state index is 0.208. The Kier molecular flexibility index (Phi) is 4.98. The van der Waals surface area contributed by atoms with E-state index in [0.717, 1.165) is 31.0 Å². The number of rotatable bonds is 3. The molecule has 19 heavy (non-hydrogen) atoms. The maximum absolute atomic E-state index is 6.55. The number of alkyl halides is 1. The van der Waals surface area contributed by atoms with Crippen molar-refractivity contribution in [1.82, 2.24) is 0 Å². The van der Waals surface area contributed by atoms with Gasteiger partial charge in [0.2, 0.25) is 0 Å². The highest BCUT2D eigenvalue weighted by atomic mass is 127. The number of aryl methyl sites for hydroxylation is 1. The zero-order chi connectivity index (χ0) is 14.0. The fraction of sp³-hybridized carbons (Fsp3) is 0.200. The molecular formula is C15H13Cl2IO. The van der Waals surface area contributed by atoms with E-state index < -0.39 is 0 Å². The zero-order valence-corrected chi connectivity index (χ0v) is 14.3. The summed E-state index contributed by atoms with van der Waals surface area (Å²) in [6.07, 6.45) is 0. The van der Waals surface area contributed by atoms with E-state index >= 15 is 0 Å². The average Bonchev–Trinajstić information content (AvgIpc) is 2.41. The van der Waals surface area contributed by atoms with Crippen molar-refractivity contribution in [2.24, 2.45) is 0 Å². The highest BCUT2D eigenvalue weighted by Gasteiger charge is 2.14. The van der Waals surface area contributed by atoms with E-state index in [1.165, 1.54) is 0 Å². The summed E-state index contributed by atoms with van der Waals surface area (Å²) in [5, 5.41) is 0.523. The van der Waals surface area contributed by atoms with Gasteiger partial charge in [-0.05, 0) is 70.5 Å². The van der Waals surface area contributed by atoms with Gasteiger partial charge in [0, 0.05) is 3.57 Å². The van der Waals surface area contributed by atoms with Crippen LogP contribution in [0.3, 0.4) is 0 Å². The molecule has 100 valence electrons. The van der Waals surface area contributed by atoms with Crippen LogP contribution >= 0.6 is 45.8 Å². The van der Waals surface area contributed by atoms with Crippen LogP contribution in [-0.2, 0) is 0 Å². The number of hydrogen-bond acceptors (Lipinski definition) is 1. The van der Waals surface area contributed by atoms with Crippen LogP contribution in [-0.4, -0.2) is 7.11 Å². The van der Waals surface area contributed by atoms with Crippen LogP contribution in [0.1, 0.15) is 22.1 Å². The second-order valence-corrected chi connectivity index (χ2v) is 6.26. The predicted molar refractivity (Wildman–Crippen MR) is 89.6 cm³/mol. The standard InChI is InChI=1S/C15H13Cl2IO/c1-9-7-11(19-2)4-5-12(9)15(17)10-3-6-14(18)13(16)8-10/h3-8,15H,1-2H3. The Morgan fingerprint density at radius 3 is 2.47 bits per heavy atom. The predicted octanol–water partition coefficient (Wildman–Crippen LogP) is 5.59. The molecule has 1 unspecified atom stereocenters. The van der Waals surface area contributed by atoms with Crippen molar-refractivity contribution in [3.8, 4) is 5.75 Å². The molecule has 0 aliphatic heterocycles. The van der Waals surface area contributed by atoms with Crippen LogP contribution in [0.15, 0.2) is 36.4 Å². The molecular weight excluding hydrogens is 394 g/mol. The SMILES string of the molecule is COc1ccc(C(Cl)c2ccc(I)c(Cl)c2)c(C)c1. The number of methoxy groups -OCH3 is 1. The molecule has 0 heterocycles. The highest BCUT2D eigenvalue weighted by Crippen LogP contribution is 2.34. The first-order chi connectivity index (χ1) is 9.02. The maximum Gasteiger partial charge on any atom is 0.119 e. The fourth-order valence-corrected chi connectivity index (χ4v) is 2.81. The third kappa shape index (κ3) is 3.36. The van der Waals surface area contributed by atoms with Gasteiger partial charge in [-0.1, -0.05) is 23.7 Å². The molecule has 0 saturated carbocycles. The van der Waals surface area contributed by atoms with E-state index in [1.54, 1.807) is 7.11 Å². The Bertz CT molecular complexity index is 599. The molecule has 0 spiro atoms. The van der Waals surface area contributed by atoms with Gasteiger partial charge in [0.1, 0.15) is 5.75 Å². The Morgan fingerprint density at radius 2 is 1.89 bits per heavy atom. The molecule has 0 aliphatic rings. The maximum atomic E-state index is 6.55. The second-order valence-electron chi connectivity index (χ2n) is 4.26. The van der Waals surface area contributed by atoms with Crippen LogP contribution in [0.4, 0.5) is 0 Å². The van der Waals surface area contributed by atoms with Crippen LogP contribution in [0.2, 0.25) is 5.02 Å². The van der Waals surface area contributed by atoms with E-state index in [-0.39, 0.29) is 5.38 Å². The van der Waals surface area contributed by atoms with Gasteiger partial charge in [0.15, 0.2) is 0 Å². The molecule has 2 aromatic carbocycles. The van der Waals surface area contributed by atoms with Crippen molar-refractivity contribution in [3.05, 3.63) is 61.7 Å². The normalized spacial score (nSPS) is 12.3. The Labute approximate surface area is 137 Å². The summed E-state index contributed by atoms with van der Waals surface area (Å²) in [6, 6.07) is 11.8. The van der Waals surface area contributed by atoms with Crippen molar-refractivity contribution in [2.75, 3.05) is 7.11 Å². The van der Waals surface area contributed by atoms with Crippen LogP contribution in [0.5, 0.6) is 5.75 Å².